The molecule has 1 aliphatic rings. The van der Waals surface area contributed by atoms with Gasteiger partial charge in [-0.1, -0.05) is 0 Å². The summed E-state index contributed by atoms with van der Waals surface area (Å²) in [5.41, 5.74) is 1.43. The van der Waals surface area contributed by atoms with Crippen molar-refractivity contribution in [2.75, 3.05) is 32.6 Å². The SMILES string of the molecule is COc1ccc(Oc2nc(-c3cccnc3OC)ncc2NC[C@@H]2CCCN2)cc1. The average Bonchev–Trinajstić information content (AvgIpc) is 3.32. The van der Waals surface area contributed by atoms with E-state index in [1.54, 1.807) is 26.6 Å². The normalized spacial score (nSPS) is 15.6. The molecule has 156 valence electrons. The Morgan fingerprint density at radius 3 is 2.60 bits per heavy atom. The second-order valence-electron chi connectivity index (χ2n) is 6.92. The fourth-order valence-electron chi connectivity index (χ4n) is 3.34. The van der Waals surface area contributed by atoms with Crippen LogP contribution in [0.25, 0.3) is 11.4 Å². The second kappa shape index (κ2) is 9.41. The summed E-state index contributed by atoms with van der Waals surface area (Å²) in [6, 6.07) is 11.5. The Kier molecular flexibility index (Phi) is 6.24. The summed E-state index contributed by atoms with van der Waals surface area (Å²) in [7, 11) is 3.21. The molecule has 0 amide bonds. The molecule has 1 atom stereocenters. The number of ether oxygens (including phenoxy) is 3. The first-order chi connectivity index (χ1) is 14.8. The molecule has 3 heterocycles. The van der Waals surface area contributed by atoms with Crippen LogP contribution < -0.4 is 24.8 Å². The number of benzene rings is 1. The van der Waals surface area contributed by atoms with E-state index >= 15 is 0 Å². The molecule has 0 spiro atoms. The van der Waals surface area contributed by atoms with E-state index in [9.17, 15) is 0 Å². The van der Waals surface area contributed by atoms with Gasteiger partial charge < -0.3 is 24.8 Å². The lowest BCUT2D eigenvalue weighted by atomic mass is 10.2. The van der Waals surface area contributed by atoms with Crippen LogP contribution in [-0.2, 0) is 0 Å². The molecule has 8 heteroatoms. The summed E-state index contributed by atoms with van der Waals surface area (Å²) in [6.45, 7) is 1.83. The number of methoxy groups -OCH3 is 2. The molecule has 0 unspecified atom stereocenters. The van der Waals surface area contributed by atoms with E-state index in [0.717, 1.165) is 30.9 Å². The summed E-state index contributed by atoms with van der Waals surface area (Å²) >= 11 is 0. The van der Waals surface area contributed by atoms with E-state index in [2.05, 4.69) is 25.6 Å². The Morgan fingerprint density at radius 1 is 1.03 bits per heavy atom. The van der Waals surface area contributed by atoms with Gasteiger partial charge in [-0.2, -0.15) is 4.98 Å². The smallest absolute Gasteiger partial charge is 0.246 e. The number of hydrogen-bond donors (Lipinski definition) is 2. The first-order valence-corrected chi connectivity index (χ1v) is 9.92. The van der Waals surface area contributed by atoms with Crippen molar-refractivity contribution in [3.05, 3.63) is 48.8 Å². The molecule has 1 fully saturated rings. The summed E-state index contributed by atoms with van der Waals surface area (Å²) in [5, 5.41) is 6.90. The third-order valence-electron chi connectivity index (χ3n) is 4.93. The molecule has 1 aromatic carbocycles. The minimum Gasteiger partial charge on any atom is -0.497 e. The van der Waals surface area contributed by atoms with Crippen molar-refractivity contribution < 1.29 is 14.2 Å². The van der Waals surface area contributed by atoms with Gasteiger partial charge in [-0.15, -0.1) is 0 Å². The van der Waals surface area contributed by atoms with Crippen molar-refractivity contribution in [2.45, 2.75) is 18.9 Å². The third kappa shape index (κ3) is 4.60. The first kappa shape index (κ1) is 19.9. The van der Waals surface area contributed by atoms with Crippen molar-refractivity contribution in [1.82, 2.24) is 20.3 Å². The summed E-state index contributed by atoms with van der Waals surface area (Å²) < 4.78 is 16.7. The predicted octanol–water partition coefficient (Wildman–Crippen LogP) is 3.51. The van der Waals surface area contributed by atoms with Crippen molar-refractivity contribution in [1.29, 1.82) is 0 Å². The van der Waals surface area contributed by atoms with Crippen molar-refractivity contribution in [3.63, 3.8) is 0 Å². The zero-order chi connectivity index (χ0) is 20.8. The maximum absolute atomic E-state index is 6.11. The largest absolute Gasteiger partial charge is 0.497 e. The number of nitrogens with one attached hydrogen (secondary N) is 2. The molecular formula is C22H25N5O3. The van der Waals surface area contributed by atoms with E-state index < -0.39 is 0 Å². The lowest BCUT2D eigenvalue weighted by Crippen LogP contribution is -2.29. The standard InChI is InChI=1S/C22H25N5O3/c1-28-16-7-9-17(10-8-16)30-22-19(25-13-15-5-3-11-23-15)14-26-20(27-22)18-6-4-12-24-21(18)29-2/h4,6-10,12,14-15,23,25H,3,5,11,13H2,1-2H3/t15-/m0/s1. The molecule has 4 rings (SSSR count). The molecular weight excluding hydrogens is 382 g/mol. The van der Waals surface area contributed by atoms with Crippen LogP contribution in [0.2, 0.25) is 0 Å². The lowest BCUT2D eigenvalue weighted by molar-refractivity contribution is 0.399. The van der Waals surface area contributed by atoms with E-state index in [1.807, 2.05) is 36.4 Å². The lowest BCUT2D eigenvalue weighted by Gasteiger charge is -2.16. The van der Waals surface area contributed by atoms with Gasteiger partial charge in [-0.25, -0.2) is 9.97 Å². The highest BCUT2D eigenvalue weighted by molar-refractivity contribution is 5.64. The van der Waals surface area contributed by atoms with Gasteiger partial charge in [0.2, 0.25) is 11.8 Å². The maximum atomic E-state index is 6.11. The van der Waals surface area contributed by atoms with E-state index in [1.165, 1.54) is 6.42 Å². The number of aromatic nitrogens is 3. The van der Waals surface area contributed by atoms with Crippen LogP contribution in [0.1, 0.15) is 12.8 Å². The fraction of sp³-hybridized carbons (Fsp3) is 0.318. The number of rotatable bonds is 8. The molecule has 8 nitrogen and oxygen atoms in total. The van der Waals surface area contributed by atoms with Crippen LogP contribution >= 0.6 is 0 Å². The first-order valence-electron chi connectivity index (χ1n) is 9.92. The molecule has 0 radical (unpaired) electrons. The fourth-order valence-corrected chi connectivity index (χ4v) is 3.34. The minimum atomic E-state index is 0.428. The van der Waals surface area contributed by atoms with E-state index in [0.29, 0.717) is 34.9 Å². The van der Waals surface area contributed by atoms with Gasteiger partial charge in [0.1, 0.15) is 17.2 Å². The predicted molar refractivity (Wildman–Crippen MR) is 114 cm³/mol. The molecule has 2 N–H and O–H groups in total. The van der Waals surface area contributed by atoms with Gasteiger partial charge in [0.15, 0.2) is 5.82 Å². The Hall–Kier alpha value is -3.39. The van der Waals surface area contributed by atoms with E-state index in [-0.39, 0.29) is 0 Å². The average molecular weight is 407 g/mol. The molecule has 0 saturated carbocycles. The topological polar surface area (TPSA) is 90.4 Å². The summed E-state index contributed by atoms with van der Waals surface area (Å²) in [4.78, 5) is 13.4. The highest BCUT2D eigenvalue weighted by atomic mass is 16.5. The van der Waals surface area contributed by atoms with Crippen LogP contribution in [-0.4, -0.2) is 48.3 Å². The van der Waals surface area contributed by atoms with Gasteiger partial charge in [-0.3, -0.25) is 0 Å². The Labute approximate surface area is 175 Å². The van der Waals surface area contributed by atoms with Gasteiger partial charge in [0, 0.05) is 18.8 Å². The highest BCUT2D eigenvalue weighted by Gasteiger charge is 2.18. The highest BCUT2D eigenvalue weighted by Crippen LogP contribution is 2.32. The minimum absolute atomic E-state index is 0.428. The number of pyridine rings is 1. The summed E-state index contributed by atoms with van der Waals surface area (Å²) in [5.74, 6) is 2.79. The molecule has 0 bridgehead atoms. The van der Waals surface area contributed by atoms with Gasteiger partial charge in [0.05, 0.1) is 26.0 Å². The molecule has 3 aromatic rings. The Balaban J connectivity index is 1.64. The van der Waals surface area contributed by atoms with Crippen molar-refractivity contribution >= 4 is 5.69 Å². The number of anilines is 1. The van der Waals surface area contributed by atoms with Crippen LogP contribution in [0.3, 0.4) is 0 Å². The molecule has 2 aromatic heterocycles. The second-order valence-corrected chi connectivity index (χ2v) is 6.92. The quantitative estimate of drug-likeness (QED) is 0.586. The summed E-state index contributed by atoms with van der Waals surface area (Å²) in [6.07, 6.45) is 5.75. The maximum Gasteiger partial charge on any atom is 0.246 e. The zero-order valence-corrected chi connectivity index (χ0v) is 17.1. The van der Waals surface area contributed by atoms with Crippen molar-refractivity contribution in [2.24, 2.45) is 0 Å². The molecule has 0 aliphatic carbocycles. The van der Waals surface area contributed by atoms with Crippen LogP contribution in [0.15, 0.2) is 48.8 Å². The number of hydrogen-bond acceptors (Lipinski definition) is 8. The Morgan fingerprint density at radius 2 is 1.87 bits per heavy atom. The molecule has 30 heavy (non-hydrogen) atoms. The number of nitrogens with zero attached hydrogens (tertiary/aromatic N) is 3. The molecule has 1 saturated heterocycles. The van der Waals surface area contributed by atoms with Gasteiger partial charge in [0.25, 0.3) is 0 Å². The van der Waals surface area contributed by atoms with Crippen molar-refractivity contribution in [3.8, 4) is 34.6 Å². The van der Waals surface area contributed by atoms with Crippen LogP contribution in [0.4, 0.5) is 5.69 Å². The van der Waals surface area contributed by atoms with Gasteiger partial charge in [-0.05, 0) is 55.8 Å². The zero-order valence-electron chi connectivity index (χ0n) is 17.1. The van der Waals surface area contributed by atoms with E-state index in [4.69, 9.17) is 14.2 Å². The van der Waals surface area contributed by atoms with Gasteiger partial charge >= 0.3 is 0 Å². The third-order valence-corrected chi connectivity index (χ3v) is 4.93. The van der Waals surface area contributed by atoms with Crippen LogP contribution in [0, 0.1) is 0 Å². The Bertz CT molecular complexity index is 975. The monoisotopic (exact) mass is 407 g/mol. The van der Waals surface area contributed by atoms with Crippen LogP contribution in [0.5, 0.6) is 23.3 Å². The molecule has 1 aliphatic heterocycles.